The summed E-state index contributed by atoms with van der Waals surface area (Å²) in [6.07, 6.45) is 13.4. The first-order valence-corrected chi connectivity index (χ1v) is 5.82. The first-order chi connectivity index (χ1) is 7.38. The van der Waals surface area contributed by atoms with E-state index in [1.54, 1.807) is 0 Å². The summed E-state index contributed by atoms with van der Waals surface area (Å²) in [5.41, 5.74) is 0. The van der Waals surface area contributed by atoms with Crippen molar-refractivity contribution in [2.75, 3.05) is 13.2 Å². The van der Waals surface area contributed by atoms with E-state index >= 15 is 0 Å². The maximum absolute atomic E-state index is 8.87. The van der Waals surface area contributed by atoms with E-state index in [2.05, 4.69) is 29.3 Å². The molecule has 1 heterocycles. The average molecular weight is 210 g/mol. The van der Waals surface area contributed by atoms with Gasteiger partial charge in [0.05, 0.1) is 12.8 Å². The van der Waals surface area contributed by atoms with Gasteiger partial charge in [0.15, 0.2) is 0 Å². The molecular formula is C12H22N2O. The highest BCUT2D eigenvalue weighted by Crippen LogP contribution is 2.11. The van der Waals surface area contributed by atoms with Crippen molar-refractivity contribution in [2.45, 2.75) is 38.8 Å². The lowest BCUT2D eigenvalue weighted by Crippen LogP contribution is -2.36. The number of hydrogen-bond acceptors (Lipinski definition) is 3. The minimum atomic E-state index is 0.220. The summed E-state index contributed by atoms with van der Waals surface area (Å²) < 4.78 is 0. The quantitative estimate of drug-likeness (QED) is 0.497. The maximum Gasteiger partial charge on any atom is 0.0982 e. The molecule has 86 valence electrons. The van der Waals surface area contributed by atoms with Crippen LogP contribution in [-0.4, -0.2) is 29.3 Å². The molecule has 1 rings (SSSR count). The van der Waals surface area contributed by atoms with Crippen molar-refractivity contribution in [3.05, 3.63) is 24.6 Å². The summed E-state index contributed by atoms with van der Waals surface area (Å²) in [4.78, 5) is 2.16. The lowest BCUT2D eigenvalue weighted by Gasteiger charge is -2.24. The Kier molecular flexibility index (Phi) is 5.93. The van der Waals surface area contributed by atoms with Gasteiger partial charge in [-0.05, 0) is 25.7 Å². The van der Waals surface area contributed by atoms with Gasteiger partial charge in [-0.1, -0.05) is 19.1 Å². The van der Waals surface area contributed by atoms with Crippen molar-refractivity contribution in [1.29, 1.82) is 0 Å². The average Bonchev–Trinajstić information content (AvgIpc) is 2.66. The molecule has 1 unspecified atom stereocenters. The summed E-state index contributed by atoms with van der Waals surface area (Å²) in [5, 5.41) is 12.2. The van der Waals surface area contributed by atoms with Crippen LogP contribution in [0, 0.1) is 0 Å². The molecule has 0 saturated carbocycles. The second kappa shape index (κ2) is 7.35. The molecule has 0 radical (unpaired) electrons. The van der Waals surface area contributed by atoms with Gasteiger partial charge in [0.1, 0.15) is 0 Å². The van der Waals surface area contributed by atoms with Crippen LogP contribution in [0.3, 0.4) is 0 Å². The van der Waals surface area contributed by atoms with Crippen molar-refractivity contribution < 1.29 is 5.11 Å². The monoisotopic (exact) mass is 210 g/mol. The minimum Gasteiger partial charge on any atom is -0.395 e. The lowest BCUT2D eigenvalue weighted by atomic mass is 10.2. The van der Waals surface area contributed by atoms with Gasteiger partial charge in [-0.15, -0.1) is 0 Å². The molecule has 3 heteroatoms. The number of hydrogen-bond donors (Lipinski definition) is 2. The standard InChI is InChI=1S/C12H22N2O/c1-2-3-4-5-6-7-12-13-8-9-14(12)10-11-15/h3-4,8-9,12-13,15H,2,5-7,10-11H2,1H3/b4-3+. The summed E-state index contributed by atoms with van der Waals surface area (Å²) in [6, 6.07) is 0. The zero-order valence-corrected chi connectivity index (χ0v) is 9.52. The van der Waals surface area contributed by atoms with Gasteiger partial charge < -0.3 is 15.3 Å². The van der Waals surface area contributed by atoms with E-state index in [1.807, 2.05) is 12.4 Å². The maximum atomic E-state index is 8.87. The molecule has 15 heavy (non-hydrogen) atoms. The molecule has 1 aliphatic rings. The fourth-order valence-electron chi connectivity index (χ4n) is 1.76. The van der Waals surface area contributed by atoms with Crippen LogP contribution in [0.4, 0.5) is 0 Å². The Hall–Kier alpha value is -0.960. The molecular weight excluding hydrogens is 188 g/mol. The lowest BCUT2D eigenvalue weighted by molar-refractivity contribution is 0.194. The molecule has 0 aromatic carbocycles. The van der Waals surface area contributed by atoms with Gasteiger partial charge >= 0.3 is 0 Å². The van der Waals surface area contributed by atoms with Crippen LogP contribution in [0.5, 0.6) is 0 Å². The molecule has 0 saturated heterocycles. The summed E-state index contributed by atoms with van der Waals surface area (Å²) in [6.45, 7) is 3.10. The Morgan fingerprint density at radius 3 is 3.07 bits per heavy atom. The minimum absolute atomic E-state index is 0.220. The van der Waals surface area contributed by atoms with Gasteiger partial charge in [0.25, 0.3) is 0 Å². The van der Waals surface area contributed by atoms with Gasteiger partial charge in [-0.3, -0.25) is 0 Å². The van der Waals surface area contributed by atoms with E-state index in [4.69, 9.17) is 5.11 Å². The number of aliphatic hydroxyl groups excluding tert-OH is 1. The van der Waals surface area contributed by atoms with Crippen LogP contribution in [0.25, 0.3) is 0 Å². The first-order valence-electron chi connectivity index (χ1n) is 5.82. The SMILES string of the molecule is CC/C=C/CCCC1NC=CN1CCO. The van der Waals surface area contributed by atoms with Crippen molar-refractivity contribution in [3.63, 3.8) is 0 Å². The van der Waals surface area contributed by atoms with Crippen LogP contribution in [0.2, 0.25) is 0 Å². The molecule has 0 fully saturated rings. The third kappa shape index (κ3) is 4.38. The highest BCUT2D eigenvalue weighted by molar-refractivity contribution is 4.94. The smallest absolute Gasteiger partial charge is 0.0982 e. The fraction of sp³-hybridized carbons (Fsp3) is 0.667. The molecule has 1 atom stereocenters. The molecule has 0 bridgehead atoms. The molecule has 1 aliphatic heterocycles. The van der Waals surface area contributed by atoms with Gasteiger partial charge in [-0.2, -0.15) is 0 Å². The largest absolute Gasteiger partial charge is 0.395 e. The molecule has 0 aromatic heterocycles. The topological polar surface area (TPSA) is 35.5 Å². The molecule has 0 aliphatic carbocycles. The van der Waals surface area contributed by atoms with Crippen LogP contribution in [-0.2, 0) is 0 Å². The number of unbranched alkanes of at least 4 members (excludes halogenated alkanes) is 1. The van der Waals surface area contributed by atoms with E-state index in [0.29, 0.717) is 6.17 Å². The second-order valence-corrected chi connectivity index (χ2v) is 3.77. The van der Waals surface area contributed by atoms with E-state index in [-0.39, 0.29) is 6.61 Å². The predicted octanol–water partition coefficient (Wildman–Crippen LogP) is 1.82. The molecule has 0 amide bonds. The highest BCUT2D eigenvalue weighted by Gasteiger charge is 2.16. The van der Waals surface area contributed by atoms with Crippen LogP contribution >= 0.6 is 0 Å². The third-order valence-electron chi connectivity index (χ3n) is 2.56. The van der Waals surface area contributed by atoms with Gasteiger partial charge in [0.2, 0.25) is 0 Å². The van der Waals surface area contributed by atoms with Crippen LogP contribution in [0.1, 0.15) is 32.6 Å². The van der Waals surface area contributed by atoms with E-state index < -0.39 is 0 Å². The zero-order chi connectivity index (χ0) is 10.9. The molecule has 0 spiro atoms. The molecule has 2 N–H and O–H groups in total. The summed E-state index contributed by atoms with van der Waals surface area (Å²) in [7, 11) is 0. The van der Waals surface area contributed by atoms with E-state index in [0.717, 1.165) is 25.8 Å². The third-order valence-corrected chi connectivity index (χ3v) is 2.56. The Morgan fingerprint density at radius 2 is 2.33 bits per heavy atom. The Labute approximate surface area is 92.5 Å². The second-order valence-electron chi connectivity index (χ2n) is 3.77. The van der Waals surface area contributed by atoms with Crippen molar-refractivity contribution in [3.8, 4) is 0 Å². The molecule has 3 nitrogen and oxygen atoms in total. The summed E-state index contributed by atoms with van der Waals surface area (Å²) in [5.74, 6) is 0. The Balaban J connectivity index is 2.12. The van der Waals surface area contributed by atoms with Crippen molar-refractivity contribution in [1.82, 2.24) is 10.2 Å². The number of nitrogens with one attached hydrogen (secondary N) is 1. The van der Waals surface area contributed by atoms with E-state index in [9.17, 15) is 0 Å². The number of aliphatic hydroxyl groups is 1. The predicted molar refractivity (Wildman–Crippen MR) is 63.1 cm³/mol. The Morgan fingerprint density at radius 1 is 1.47 bits per heavy atom. The number of rotatable bonds is 7. The highest BCUT2D eigenvalue weighted by atomic mass is 16.3. The summed E-state index contributed by atoms with van der Waals surface area (Å²) >= 11 is 0. The number of β-amino-alcohol motifs (C(OH)–C–C–N with tert-alkyl or cyclic N) is 1. The molecule has 0 aromatic rings. The fourth-order valence-corrected chi connectivity index (χ4v) is 1.76. The zero-order valence-electron chi connectivity index (χ0n) is 9.52. The first kappa shape index (κ1) is 12.1. The number of allylic oxidation sites excluding steroid dienone is 2. The van der Waals surface area contributed by atoms with Gasteiger partial charge in [-0.25, -0.2) is 0 Å². The Bertz CT molecular complexity index is 214. The van der Waals surface area contributed by atoms with Crippen LogP contribution in [0.15, 0.2) is 24.6 Å². The van der Waals surface area contributed by atoms with Crippen molar-refractivity contribution >= 4 is 0 Å². The van der Waals surface area contributed by atoms with Gasteiger partial charge in [0, 0.05) is 18.9 Å². The van der Waals surface area contributed by atoms with E-state index in [1.165, 1.54) is 6.42 Å². The number of nitrogens with zero attached hydrogens (tertiary/aromatic N) is 1. The normalized spacial score (nSPS) is 20.1. The van der Waals surface area contributed by atoms with Crippen LogP contribution < -0.4 is 5.32 Å². The van der Waals surface area contributed by atoms with Crippen molar-refractivity contribution in [2.24, 2.45) is 0 Å².